The highest BCUT2D eigenvalue weighted by molar-refractivity contribution is 6.13. The Hall–Kier alpha value is -6.57. The number of aromatic nitrogens is 1. The van der Waals surface area contributed by atoms with Crippen molar-refractivity contribution < 1.29 is 4.42 Å². The van der Waals surface area contributed by atoms with E-state index in [0.717, 1.165) is 62.5 Å². The van der Waals surface area contributed by atoms with Crippen LogP contribution >= 0.6 is 0 Å². The monoisotopic (exact) mass is 627 g/mol. The van der Waals surface area contributed by atoms with Crippen LogP contribution in [0.5, 0.6) is 0 Å². The van der Waals surface area contributed by atoms with Gasteiger partial charge in [0, 0.05) is 40.6 Å². The number of rotatable bonds is 3. The lowest BCUT2D eigenvalue weighted by Gasteiger charge is -2.24. The van der Waals surface area contributed by atoms with Crippen molar-refractivity contribution in [1.29, 1.82) is 0 Å². The third-order valence-electron chi connectivity index (χ3n) is 10.1. The van der Waals surface area contributed by atoms with Gasteiger partial charge in [0.05, 0.1) is 17.6 Å². The van der Waals surface area contributed by atoms with Crippen LogP contribution < -0.4 is 4.90 Å². The van der Waals surface area contributed by atoms with E-state index in [9.17, 15) is 0 Å². The van der Waals surface area contributed by atoms with Crippen LogP contribution in [0.15, 0.2) is 156 Å². The Bertz CT molecular complexity index is 2800. The largest absolute Gasteiger partial charge is 0.456 e. The van der Waals surface area contributed by atoms with Crippen LogP contribution in [-0.4, -0.2) is 4.57 Å². The summed E-state index contributed by atoms with van der Waals surface area (Å²) in [5, 5.41) is 4.54. The minimum Gasteiger partial charge on any atom is -0.456 e. The molecule has 0 bridgehead atoms. The van der Waals surface area contributed by atoms with Gasteiger partial charge in [0.25, 0.3) is 0 Å². The zero-order chi connectivity index (χ0) is 32.5. The number of hydrogen-bond acceptors (Lipinski definition) is 2. The van der Waals surface area contributed by atoms with E-state index in [1.165, 1.54) is 39.1 Å². The molecule has 4 heteroatoms. The minimum atomic E-state index is 0.655. The van der Waals surface area contributed by atoms with Crippen LogP contribution in [0, 0.1) is 6.57 Å². The van der Waals surface area contributed by atoms with Crippen molar-refractivity contribution in [2.75, 3.05) is 4.90 Å². The topological polar surface area (TPSA) is 25.7 Å². The van der Waals surface area contributed by atoms with Crippen molar-refractivity contribution >= 4 is 55.1 Å². The van der Waals surface area contributed by atoms with Crippen molar-refractivity contribution in [3.8, 4) is 27.9 Å². The maximum atomic E-state index is 7.62. The van der Waals surface area contributed by atoms with E-state index in [-0.39, 0.29) is 0 Å². The van der Waals surface area contributed by atoms with Crippen LogP contribution in [0.3, 0.4) is 0 Å². The number of anilines is 1. The van der Waals surface area contributed by atoms with Crippen LogP contribution in [-0.2, 0) is 13.1 Å². The molecule has 0 radical (unpaired) electrons. The van der Waals surface area contributed by atoms with E-state index >= 15 is 0 Å². The first-order valence-electron chi connectivity index (χ1n) is 16.6. The summed E-state index contributed by atoms with van der Waals surface area (Å²) in [6, 6.07) is 53.8. The van der Waals surface area contributed by atoms with Crippen molar-refractivity contribution in [3.63, 3.8) is 0 Å². The summed E-state index contributed by atoms with van der Waals surface area (Å²) in [6.45, 7) is 9.20. The fraction of sp³-hybridized carbons (Fsp3) is 0.0444. The van der Waals surface area contributed by atoms with Crippen molar-refractivity contribution in [2.45, 2.75) is 13.1 Å². The maximum absolute atomic E-state index is 7.62. The first kappa shape index (κ1) is 27.5. The number of hydrogen-bond donors (Lipinski definition) is 0. The first-order valence-corrected chi connectivity index (χ1v) is 16.6. The van der Waals surface area contributed by atoms with Gasteiger partial charge in [0.15, 0.2) is 5.69 Å². The van der Waals surface area contributed by atoms with Crippen molar-refractivity contribution in [1.82, 2.24) is 4.57 Å². The van der Waals surface area contributed by atoms with Gasteiger partial charge < -0.3 is 13.9 Å². The SMILES string of the molecule is [C-]#[N+]c1ccc2c(c1)c1ccccc1n2-c1ccc2c(c1)CN(c1ccccc1)Cc1ccc(-c3cccc4oc5ccccc5c34)cc1-2. The second-order valence-electron chi connectivity index (χ2n) is 12.8. The third-order valence-corrected chi connectivity index (χ3v) is 10.1. The van der Waals surface area contributed by atoms with E-state index in [1.807, 2.05) is 24.3 Å². The highest BCUT2D eigenvalue weighted by Gasteiger charge is 2.23. The zero-order valence-corrected chi connectivity index (χ0v) is 26.6. The first-order chi connectivity index (χ1) is 24.2. The smallest absolute Gasteiger partial charge is 0.188 e. The normalized spacial score (nSPS) is 12.7. The van der Waals surface area contributed by atoms with Gasteiger partial charge in [-0.2, -0.15) is 0 Å². The predicted octanol–water partition coefficient (Wildman–Crippen LogP) is 12.1. The van der Waals surface area contributed by atoms with Crippen LogP contribution in [0.2, 0.25) is 0 Å². The van der Waals surface area contributed by atoms with Crippen molar-refractivity contribution in [2.24, 2.45) is 0 Å². The van der Waals surface area contributed by atoms with Crippen LogP contribution in [0.4, 0.5) is 11.4 Å². The Balaban J connectivity index is 1.19. The maximum Gasteiger partial charge on any atom is 0.188 e. The summed E-state index contributed by atoms with van der Waals surface area (Å²) in [4.78, 5) is 6.20. The van der Waals surface area contributed by atoms with Gasteiger partial charge >= 0.3 is 0 Å². The molecule has 0 saturated heterocycles. The number of furan rings is 1. The van der Waals surface area contributed by atoms with Gasteiger partial charge in [-0.3, -0.25) is 0 Å². The molecular weight excluding hydrogens is 599 g/mol. The molecule has 4 nitrogen and oxygen atoms in total. The minimum absolute atomic E-state index is 0.655. The zero-order valence-electron chi connectivity index (χ0n) is 26.6. The molecule has 1 aliphatic heterocycles. The molecular formula is C45H29N3O. The Morgan fingerprint density at radius 1 is 0.510 bits per heavy atom. The van der Waals surface area contributed by atoms with Gasteiger partial charge in [0.1, 0.15) is 11.2 Å². The Morgan fingerprint density at radius 3 is 2.18 bits per heavy atom. The van der Waals surface area contributed by atoms with Crippen LogP contribution in [0.1, 0.15) is 11.1 Å². The molecule has 9 aromatic rings. The third kappa shape index (κ3) is 4.30. The number of benzene rings is 7. The Kier molecular flexibility index (Phi) is 6.03. The molecule has 0 saturated carbocycles. The number of para-hydroxylation sites is 3. The highest BCUT2D eigenvalue weighted by atomic mass is 16.3. The lowest BCUT2D eigenvalue weighted by molar-refractivity contribution is 0.669. The molecule has 0 N–H and O–H groups in total. The van der Waals surface area contributed by atoms with E-state index in [1.54, 1.807) is 0 Å². The van der Waals surface area contributed by atoms with Gasteiger partial charge in [-0.05, 0) is 99.4 Å². The van der Waals surface area contributed by atoms with Gasteiger partial charge in [-0.15, -0.1) is 0 Å². The summed E-state index contributed by atoms with van der Waals surface area (Å²) in [5.41, 5.74) is 14.5. The molecule has 7 aromatic carbocycles. The highest BCUT2D eigenvalue weighted by Crippen LogP contribution is 2.42. The van der Waals surface area contributed by atoms with Gasteiger partial charge in [-0.1, -0.05) is 91.0 Å². The van der Waals surface area contributed by atoms with E-state index in [0.29, 0.717) is 5.69 Å². The van der Waals surface area contributed by atoms with Gasteiger partial charge in [0.2, 0.25) is 0 Å². The summed E-state index contributed by atoms with van der Waals surface area (Å²) in [7, 11) is 0. The summed E-state index contributed by atoms with van der Waals surface area (Å²) < 4.78 is 8.61. The molecule has 3 heterocycles. The van der Waals surface area contributed by atoms with E-state index in [2.05, 4.69) is 142 Å². The summed E-state index contributed by atoms with van der Waals surface area (Å²) in [5.74, 6) is 0. The predicted molar refractivity (Wildman–Crippen MR) is 202 cm³/mol. The second-order valence-corrected chi connectivity index (χ2v) is 12.8. The molecule has 0 spiro atoms. The Morgan fingerprint density at radius 2 is 1.29 bits per heavy atom. The lowest BCUT2D eigenvalue weighted by Crippen LogP contribution is -2.20. The van der Waals surface area contributed by atoms with E-state index in [4.69, 9.17) is 11.0 Å². The molecule has 230 valence electrons. The molecule has 49 heavy (non-hydrogen) atoms. The summed E-state index contributed by atoms with van der Waals surface area (Å²) in [6.07, 6.45) is 0. The fourth-order valence-electron chi connectivity index (χ4n) is 7.86. The standard InChI is InChI=1S/C45H29N3O/c1-46-32-20-23-42-40(26-32)37-12-5-7-15-41(37)48(42)34-21-22-35-31(24-34)28-47(33-10-3-2-4-11-33)27-30-19-18-29(25-39(30)35)36-14-9-17-44-45(36)38-13-6-8-16-43(38)49-44/h2-26H,27-28H2. The molecule has 10 rings (SSSR count). The average Bonchev–Trinajstić information content (AvgIpc) is 3.65. The Labute approximate surface area is 283 Å². The molecule has 0 unspecified atom stereocenters. The molecule has 0 amide bonds. The summed E-state index contributed by atoms with van der Waals surface area (Å²) >= 11 is 0. The molecule has 1 aliphatic rings. The molecule has 0 fully saturated rings. The number of nitrogens with zero attached hydrogens (tertiary/aromatic N) is 3. The molecule has 0 aliphatic carbocycles. The fourth-order valence-corrected chi connectivity index (χ4v) is 7.86. The van der Waals surface area contributed by atoms with Crippen molar-refractivity contribution in [3.05, 3.63) is 174 Å². The second kappa shape index (κ2) is 10.7. The van der Waals surface area contributed by atoms with Crippen LogP contribution in [0.25, 0.3) is 76.5 Å². The average molecular weight is 628 g/mol. The number of fused-ring (bicyclic) bond motifs is 9. The quantitative estimate of drug-likeness (QED) is 0.182. The molecule has 0 atom stereocenters. The van der Waals surface area contributed by atoms with E-state index < -0.39 is 0 Å². The molecule has 2 aromatic heterocycles. The lowest BCUT2D eigenvalue weighted by atomic mass is 9.91. The van der Waals surface area contributed by atoms with Gasteiger partial charge in [-0.25, -0.2) is 4.85 Å².